The molecule has 0 atom stereocenters. The second-order valence-corrected chi connectivity index (χ2v) is 13.5. The fourth-order valence-corrected chi connectivity index (χ4v) is 3.72. The Labute approximate surface area is 238 Å². The Balaban J connectivity index is 0. The summed E-state index contributed by atoms with van der Waals surface area (Å²) in [6.45, 7) is 16.0. The van der Waals surface area contributed by atoms with Crippen LogP contribution in [0, 0.1) is 10.8 Å². The number of phosphoric ester groups is 1. The van der Waals surface area contributed by atoms with Gasteiger partial charge in [-0.2, -0.15) is 8.42 Å². The van der Waals surface area contributed by atoms with E-state index in [1.165, 1.54) is 0 Å². The van der Waals surface area contributed by atoms with Crippen molar-refractivity contribution in [2.45, 2.75) is 73.8 Å². The second-order valence-electron chi connectivity index (χ2n) is 10.8. The molecule has 0 aliphatic heterocycles. The second kappa shape index (κ2) is 19.1. The first kappa shape index (κ1) is 41.0. The van der Waals surface area contributed by atoms with Gasteiger partial charge in [0.25, 0.3) is 10.1 Å². The molecule has 14 nitrogen and oxygen atoms in total. The highest BCUT2D eigenvalue weighted by molar-refractivity contribution is 7.85. The van der Waals surface area contributed by atoms with Gasteiger partial charge < -0.3 is 34.1 Å². The normalized spacial score (nSPS) is 12.9. The number of esters is 1. The Morgan fingerprint density at radius 1 is 0.750 bits per heavy atom. The van der Waals surface area contributed by atoms with E-state index in [-0.39, 0.29) is 38.3 Å². The first-order valence-corrected chi connectivity index (χ1v) is 16.1. The first-order chi connectivity index (χ1) is 18.1. The summed E-state index contributed by atoms with van der Waals surface area (Å²) in [4.78, 5) is 40.3. The van der Waals surface area contributed by atoms with Crippen LogP contribution in [0.15, 0.2) is 0 Å². The Morgan fingerprint density at radius 2 is 1.15 bits per heavy atom. The minimum absolute atomic E-state index is 0.0739. The molecule has 0 aliphatic carbocycles. The molecule has 0 aromatic rings. The highest BCUT2D eigenvalue weighted by Crippen LogP contribution is 2.35. The SMILES string of the molecule is CCC(C)(C)C(=O)NC(C)(C)CS(=O)(=O)O.CCC(C)(C)C(=O)OCCOCCOCCOCCOP(=O)(O)O. The van der Waals surface area contributed by atoms with E-state index in [0.717, 1.165) is 0 Å². The zero-order valence-corrected chi connectivity index (χ0v) is 26.8. The maximum absolute atomic E-state index is 11.8. The van der Waals surface area contributed by atoms with Crippen molar-refractivity contribution in [2.75, 3.05) is 58.6 Å². The van der Waals surface area contributed by atoms with E-state index in [9.17, 15) is 22.6 Å². The molecule has 1 amide bonds. The third kappa shape index (κ3) is 23.5. The van der Waals surface area contributed by atoms with E-state index in [2.05, 4.69) is 9.84 Å². The molecule has 40 heavy (non-hydrogen) atoms. The van der Waals surface area contributed by atoms with Crippen molar-refractivity contribution in [3.8, 4) is 0 Å². The van der Waals surface area contributed by atoms with Crippen LogP contribution in [0.4, 0.5) is 0 Å². The maximum Gasteiger partial charge on any atom is 0.469 e. The van der Waals surface area contributed by atoms with Crippen molar-refractivity contribution in [3.05, 3.63) is 0 Å². The van der Waals surface area contributed by atoms with Gasteiger partial charge in [-0.3, -0.25) is 18.7 Å². The highest BCUT2D eigenvalue weighted by Gasteiger charge is 2.33. The van der Waals surface area contributed by atoms with E-state index >= 15 is 0 Å². The van der Waals surface area contributed by atoms with Crippen LogP contribution in [-0.4, -0.2) is 98.8 Å². The Bertz CT molecular complexity index is 885. The van der Waals surface area contributed by atoms with Crippen molar-refractivity contribution in [1.29, 1.82) is 0 Å². The minimum Gasteiger partial charge on any atom is -0.463 e. The van der Waals surface area contributed by atoms with Crippen molar-refractivity contribution in [1.82, 2.24) is 5.32 Å². The van der Waals surface area contributed by atoms with Gasteiger partial charge in [0.1, 0.15) is 6.61 Å². The number of phosphoric acid groups is 1. The van der Waals surface area contributed by atoms with Gasteiger partial charge in [-0.1, -0.05) is 27.7 Å². The van der Waals surface area contributed by atoms with Gasteiger partial charge >= 0.3 is 13.8 Å². The monoisotopic (exact) mass is 623 g/mol. The topological polar surface area (TPSA) is 204 Å². The predicted octanol–water partition coefficient (Wildman–Crippen LogP) is 2.33. The van der Waals surface area contributed by atoms with E-state index in [4.69, 9.17) is 33.3 Å². The van der Waals surface area contributed by atoms with E-state index < -0.39 is 40.1 Å². The molecule has 0 heterocycles. The molecule has 240 valence electrons. The van der Waals surface area contributed by atoms with Crippen LogP contribution in [0.2, 0.25) is 0 Å². The number of hydrogen-bond acceptors (Lipinski definition) is 10. The average molecular weight is 624 g/mol. The first-order valence-electron chi connectivity index (χ1n) is 13.0. The van der Waals surface area contributed by atoms with Crippen molar-refractivity contribution < 1.29 is 60.4 Å². The van der Waals surface area contributed by atoms with Crippen LogP contribution in [0.3, 0.4) is 0 Å². The molecule has 0 rings (SSSR count). The summed E-state index contributed by atoms with van der Waals surface area (Å²) in [5.41, 5.74) is -1.99. The molecule has 0 bridgehead atoms. The smallest absolute Gasteiger partial charge is 0.463 e. The highest BCUT2D eigenvalue weighted by atomic mass is 32.2. The number of carbonyl (C=O) groups excluding carboxylic acids is 2. The summed E-state index contributed by atoms with van der Waals surface area (Å²) >= 11 is 0. The molecule has 0 fully saturated rings. The van der Waals surface area contributed by atoms with Crippen LogP contribution in [0.1, 0.15) is 68.2 Å². The fraction of sp³-hybridized carbons (Fsp3) is 0.917. The lowest BCUT2D eigenvalue weighted by Crippen LogP contribution is -2.52. The summed E-state index contributed by atoms with van der Waals surface area (Å²) in [6.07, 6.45) is 1.37. The third-order valence-electron chi connectivity index (χ3n) is 5.62. The maximum atomic E-state index is 11.8. The van der Waals surface area contributed by atoms with Gasteiger partial charge in [-0.05, 0) is 40.5 Å². The van der Waals surface area contributed by atoms with E-state index in [1.807, 2.05) is 27.7 Å². The molecule has 0 aromatic carbocycles. The van der Waals surface area contributed by atoms with Crippen LogP contribution in [0.5, 0.6) is 0 Å². The molecule has 16 heteroatoms. The molecule has 0 unspecified atom stereocenters. The summed E-state index contributed by atoms with van der Waals surface area (Å²) in [7, 11) is -8.52. The van der Waals surface area contributed by atoms with Crippen molar-refractivity contribution >= 4 is 29.8 Å². The lowest BCUT2D eigenvalue weighted by atomic mass is 9.88. The third-order valence-corrected chi connectivity index (χ3v) is 7.23. The lowest BCUT2D eigenvalue weighted by molar-refractivity contribution is -0.155. The Hall–Kier alpha value is -1.16. The zero-order chi connectivity index (χ0) is 31.7. The Morgan fingerprint density at radius 3 is 1.52 bits per heavy atom. The van der Waals surface area contributed by atoms with Gasteiger partial charge in [-0.15, -0.1) is 0 Å². The minimum atomic E-state index is -4.42. The largest absolute Gasteiger partial charge is 0.469 e. The summed E-state index contributed by atoms with van der Waals surface area (Å²) in [5.74, 6) is -0.945. The number of carbonyl (C=O) groups is 2. The van der Waals surface area contributed by atoms with Crippen molar-refractivity contribution in [3.63, 3.8) is 0 Å². The van der Waals surface area contributed by atoms with Crippen LogP contribution < -0.4 is 5.32 Å². The van der Waals surface area contributed by atoms with Gasteiger partial charge in [0.05, 0.1) is 63.0 Å². The number of amides is 1. The molecular formula is C24H50NO13PS. The molecule has 0 radical (unpaired) electrons. The standard InChI is InChI=1S/C14H29O9P.C10H21NO4S/c1-4-14(2,3)13(15)22-11-9-20-7-5-19-6-8-21-10-12-23-24(16,17)18;1-6-9(2,3)8(12)11-10(4,5)7-16(13,14)15/h4-12H2,1-3H3,(H2,16,17,18);6-7H2,1-5H3,(H,11,12)(H,13,14,15). The predicted molar refractivity (Wildman–Crippen MR) is 148 cm³/mol. The quantitative estimate of drug-likeness (QED) is 0.0666. The van der Waals surface area contributed by atoms with Crippen LogP contribution in [-0.2, 0) is 47.7 Å². The average Bonchev–Trinajstić information content (AvgIpc) is 2.79. The molecule has 0 saturated heterocycles. The molecule has 0 saturated carbocycles. The van der Waals surface area contributed by atoms with Crippen LogP contribution in [0.25, 0.3) is 0 Å². The molecule has 0 aliphatic rings. The number of ether oxygens (including phenoxy) is 4. The van der Waals surface area contributed by atoms with Gasteiger partial charge in [-0.25, -0.2) is 4.57 Å². The van der Waals surface area contributed by atoms with E-state index in [0.29, 0.717) is 39.3 Å². The van der Waals surface area contributed by atoms with E-state index in [1.54, 1.807) is 27.7 Å². The zero-order valence-electron chi connectivity index (χ0n) is 25.1. The summed E-state index contributed by atoms with van der Waals surface area (Å²) < 4.78 is 65.5. The lowest BCUT2D eigenvalue weighted by Gasteiger charge is -2.30. The molecule has 4 N–H and O–H groups in total. The molecular weight excluding hydrogens is 573 g/mol. The van der Waals surface area contributed by atoms with Gasteiger partial charge in [0.2, 0.25) is 5.91 Å². The van der Waals surface area contributed by atoms with Gasteiger partial charge in [0.15, 0.2) is 0 Å². The number of hydrogen-bond donors (Lipinski definition) is 4. The fourth-order valence-electron chi connectivity index (χ4n) is 2.42. The summed E-state index contributed by atoms with van der Waals surface area (Å²) in [5, 5.41) is 2.63. The van der Waals surface area contributed by atoms with Crippen LogP contribution >= 0.6 is 7.82 Å². The number of nitrogens with one attached hydrogen (secondary N) is 1. The molecule has 0 spiro atoms. The number of rotatable bonds is 20. The van der Waals surface area contributed by atoms with Gasteiger partial charge in [0, 0.05) is 5.41 Å². The molecule has 0 aromatic heterocycles. The summed E-state index contributed by atoms with van der Waals surface area (Å²) in [6, 6.07) is 0. The Kier molecular flexibility index (Phi) is 19.6. The van der Waals surface area contributed by atoms with Crippen molar-refractivity contribution in [2.24, 2.45) is 10.8 Å².